The highest BCUT2D eigenvalue weighted by molar-refractivity contribution is 5.79. The number of aliphatic hydroxyl groups excluding tert-OH is 1. The maximum Gasteiger partial charge on any atom is 0.248 e. The molecule has 2 aromatic rings. The predicted molar refractivity (Wildman–Crippen MR) is 89.0 cm³/mol. The molecule has 4 rings (SSSR count). The lowest BCUT2D eigenvalue weighted by molar-refractivity contribution is -0.136. The maximum absolute atomic E-state index is 11.6. The number of nitrogens with zero attached hydrogens (tertiary/aromatic N) is 2. The van der Waals surface area contributed by atoms with Crippen LogP contribution in [-0.2, 0) is 4.79 Å². The van der Waals surface area contributed by atoms with E-state index < -0.39 is 6.61 Å². The molecule has 4 nitrogen and oxygen atoms in total. The van der Waals surface area contributed by atoms with Gasteiger partial charge in [-0.2, -0.15) is 0 Å². The molecule has 0 spiro atoms. The van der Waals surface area contributed by atoms with Gasteiger partial charge in [0.25, 0.3) is 0 Å². The van der Waals surface area contributed by atoms with Crippen LogP contribution >= 0.6 is 0 Å². The average molecular weight is 308 g/mol. The van der Waals surface area contributed by atoms with Gasteiger partial charge in [0.1, 0.15) is 6.61 Å². The van der Waals surface area contributed by atoms with Crippen molar-refractivity contribution in [3.8, 4) is 11.1 Å². The number of aliphatic hydroxyl groups is 1. The first-order chi connectivity index (χ1) is 11.3. The molecule has 1 saturated heterocycles. The van der Waals surface area contributed by atoms with Gasteiger partial charge in [-0.25, -0.2) is 0 Å². The number of hydrogen-bond acceptors (Lipinski definition) is 3. The number of hydrogen-bond donors (Lipinski definition) is 1. The quantitative estimate of drug-likeness (QED) is 0.921. The second-order valence-electron chi connectivity index (χ2n) is 6.15. The van der Waals surface area contributed by atoms with Crippen LogP contribution in [0.3, 0.4) is 0 Å². The number of carbonyl (C=O) groups is 1. The van der Waals surface area contributed by atoms with Crippen molar-refractivity contribution in [3.63, 3.8) is 0 Å². The number of benzene rings is 2. The molecule has 1 fully saturated rings. The van der Waals surface area contributed by atoms with Crippen molar-refractivity contribution in [2.24, 2.45) is 0 Å². The first-order valence-corrected chi connectivity index (χ1v) is 8.10. The lowest BCUT2D eigenvalue weighted by Gasteiger charge is -2.38. The van der Waals surface area contributed by atoms with Crippen molar-refractivity contribution in [1.82, 2.24) is 9.80 Å². The molecule has 118 valence electrons. The standard InChI is InChI=1S/C19H20N2O2/c22-13-18(23)20-9-11-21(12-10-20)19-16-7-3-1-5-14(16)15-6-2-4-8-17(15)19/h1-8,19,22H,9-13H2. The van der Waals surface area contributed by atoms with Gasteiger partial charge in [0.15, 0.2) is 0 Å². The summed E-state index contributed by atoms with van der Waals surface area (Å²) in [6.45, 7) is 2.63. The molecule has 1 amide bonds. The molecule has 1 aliphatic heterocycles. The molecule has 23 heavy (non-hydrogen) atoms. The first kappa shape index (κ1) is 14.4. The Kier molecular flexibility index (Phi) is 3.63. The van der Waals surface area contributed by atoms with Gasteiger partial charge in [0.05, 0.1) is 6.04 Å². The van der Waals surface area contributed by atoms with Crippen molar-refractivity contribution in [1.29, 1.82) is 0 Å². The monoisotopic (exact) mass is 308 g/mol. The van der Waals surface area contributed by atoms with Crippen molar-refractivity contribution >= 4 is 5.91 Å². The summed E-state index contributed by atoms with van der Waals surface area (Å²) < 4.78 is 0. The molecule has 0 saturated carbocycles. The van der Waals surface area contributed by atoms with E-state index in [1.807, 2.05) is 0 Å². The van der Waals surface area contributed by atoms with Gasteiger partial charge in [-0.1, -0.05) is 48.5 Å². The average Bonchev–Trinajstić information content (AvgIpc) is 2.96. The molecule has 0 atom stereocenters. The van der Waals surface area contributed by atoms with E-state index >= 15 is 0 Å². The van der Waals surface area contributed by atoms with Gasteiger partial charge in [0.2, 0.25) is 5.91 Å². The predicted octanol–water partition coefficient (Wildman–Crippen LogP) is 1.89. The molecule has 2 aromatic carbocycles. The summed E-state index contributed by atoms with van der Waals surface area (Å²) in [5, 5.41) is 9.02. The Morgan fingerprint density at radius 3 is 1.96 bits per heavy atom. The molecule has 1 heterocycles. The van der Waals surface area contributed by atoms with Crippen molar-refractivity contribution in [3.05, 3.63) is 59.7 Å². The Bertz CT molecular complexity index is 690. The van der Waals surface area contributed by atoms with E-state index in [0.717, 1.165) is 13.1 Å². The van der Waals surface area contributed by atoms with E-state index in [2.05, 4.69) is 53.4 Å². The molecular formula is C19H20N2O2. The van der Waals surface area contributed by atoms with Crippen LogP contribution in [0.15, 0.2) is 48.5 Å². The van der Waals surface area contributed by atoms with Crippen LogP contribution in [0.2, 0.25) is 0 Å². The highest BCUT2D eigenvalue weighted by Crippen LogP contribution is 2.46. The fourth-order valence-corrected chi connectivity index (χ4v) is 3.85. The summed E-state index contributed by atoms with van der Waals surface area (Å²) in [5.41, 5.74) is 5.36. The Balaban J connectivity index is 1.64. The van der Waals surface area contributed by atoms with Crippen molar-refractivity contribution in [2.75, 3.05) is 32.8 Å². The van der Waals surface area contributed by atoms with Crippen LogP contribution in [0.25, 0.3) is 11.1 Å². The first-order valence-electron chi connectivity index (χ1n) is 8.10. The SMILES string of the molecule is O=C(CO)N1CCN(C2c3ccccc3-c3ccccc32)CC1. The molecule has 4 heteroatoms. The van der Waals surface area contributed by atoms with Crippen LogP contribution in [0.4, 0.5) is 0 Å². The second-order valence-corrected chi connectivity index (χ2v) is 6.15. The molecule has 1 aliphatic carbocycles. The topological polar surface area (TPSA) is 43.8 Å². The van der Waals surface area contributed by atoms with Gasteiger partial charge in [-0.15, -0.1) is 0 Å². The lowest BCUT2D eigenvalue weighted by Crippen LogP contribution is -2.50. The third-order valence-corrected chi connectivity index (χ3v) is 4.97. The Morgan fingerprint density at radius 2 is 1.43 bits per heavy atom. The summed E-state index contributed by atoms with van der Waals surface area (Å²) >= 11 is 0. The highest BCUT2D eigenvalue weighted by atomic mass is 16.3. The van der Waals surface area contributed by atoms with E-state index in [-0.39, 0.29) is 11.9 Å². The summed E-state index contributed by atoms with van der Waals surface area (Å²) in [6.07, 6.45) is 0. The number of piperazine rings is 1. The van der Waals surface area contributed by atoms with Gasteiger partial charge in [-0.05, 0) is 22.3 Å². The van der Waals surface area contributed by atoms with Gasteiger partial charge in [0, 0.05) is 26.2 Å². The zero-order valence-electron chi connectivity index (χ0n) is 13.0. The molecule has 2 aliphatic rings. The molecule has 0 bridgehead atoms. The number of rotatable bonds is 2. The van der Waals surface area contributed by atoms with Crippen LogP contribution in [-0.4, -0.2) is 53.6 Å². The number of amides is 1. The van der Waals surface area contributed by atoms with Gasteiger partial charge in [-0.3, -0.25) is 9.69 Å². The minimum absolute atomic E-state index is 0.170. The third kappa shape index (κ3) is 2.35. The highest BCUT2D eigenvalue weighted by Gasteiger charge is 2.34. The van der Waals surface area contributed by atoms with Gasteiger partial charge < -0.3 is 10.0 Å². The molecular weight excluding hydrogens is 288 g/mol. The van der Waals surface area contributed by atoms with E-state index in [1.54, 1.807) is 4.90 Å². The Morgan fingerprint density at radius 1 is 0.913 bits per heavy atom. The van der Waals surface area contributed by atoms with E-state index in [4.69, 9.17) is 5.11 Å². The van der Waals surface area contributed by atoms with Crippen molar-refractivity contribution in [2.45, 2.75) is 6.04 Å². The summed E-state index contributed by atoms with van der Waals surface area (Å²) in [5.74, 6) is -0.170. The van der Waals surface area contributed by atoms with Crippen LogP contribution < -0.4 is 0 Å². The normalized spacial score (nSPS) is 17.9. The second kappa shape index (κ2) is 5.80. The molecule has 0 unspecified atom stereocenters. The Labute approximate surface area is 136 Å². The van der Waals surface area contributed by atoms with Crippen LogP contribution in [0.5, 0.6) is 0 Å². The summed E-state index contributed by atoms with van der Waals surface area (Å²) in [6, 6.07) is 17.5. The third-order valence-electron chi connectivity index (χ3n) is 4.97. The minimum Gasteiger partial charge on any atom is -0.387 e. The molecule has 0 radical (unpaired) electrons. The maximum atomic E-state index is 11.6. The molecule has 1 N–H and O–H groups in total. The summed E-state index contributed by atoms with van der Waals surface area (Å²) in [4.78, 5) is 15.9. The fraction of sp³-hybridized carbons (Fsp3) is 0.316. The van der Waals surface area contributed by atoms with E-state index in [9.17, 15) is 4.79 Å². The summed E-state index contributed by atoms with van der Waals surface area (Å²) in [7, 11) is 0. The zero-order chi connectivity index (χ0) is 15.8. The lowest BCUT2D eigenvalue weighted by atomic mass is 10.0. The largest absolute Gasteiger partial charge is 0.387 e. The van der Waals surface area contributed by atoms with E-state index in [0.29, 0.717) is 13.1 Å². The number of fused-ring (bicyclic) bond motifs is 3. The Hall–Kier alpha value is -2.17. The molecule has 0 aromatic heterocycles. The van der Waals surface area contributed by atoms with Crippen LogP contribution in [0.1, 0.15) is 17.2 Å². The smallest absolute Gasteiger partial charge is 0.248 e. The van der Waals surface area contributed by atoms with Gasteiger partial charge >= 0.3 is 0 Å². The number of carbonyl (C=O) groups excluding carboxylic acids is 1. The minimum atomic E-state index is -0.394. The zero-order valence-corrected chi connectivity index (χ0v) is 13.0. The van der Waals surface area contributed by atoms with Crippen molar-refractivity contribution < 1.29 is 9.90 Å². The van der Waals surface area contributed by atoms with Crippen LogP contribution in [0, 0.1) is 0 Å². The van der Waals surface area contributed by atoms with E-state index in [1.165, 1.54) is 22.3 Å². The fourth-order valence-electron chi connectivity index (χ4n) is 3.85.